The van der Waals surface area contributed by atoms with Gasteiger partial charge in [0, 0.05) is 5.38 Å². The molecular formula is C13H16N6O4S. The van der Waals surface area contributed by atoms with Gasteiger partial charge in [0.2, 0.25) is 0 Å². The molecule has 0 spiro atoms. The normalized spacial score (nSPS) is 11.9. The van der Waals surface area contributed by atoms with Gasteiger partial charge in [-0.25, -0.2) is 14.8 Å². The Labute approximate surface area is 141 Å². The molecule has 0 saturated carbocycles. The van der Waals surface area contributed by atoms with Gasteiger partial charge in [-0.2, -0.15) is 9.78 Å². The van der Waals surface area contributed by atoms with Gasteiger partial charge < -0.3 is 9.57 Å². The van der Waals surface area contributed by atoms with E-state index in [1.54, 1.807) is 26.2 Å². The summed E-state index contributed by atoms with van der Waals surface area (Å²) in [5, 5.41) is 11.7. The smallest absolute Gasteiger partial charge is 0.413 e. The molecule has 1 N–H and O–H groups in total. The fourth-order valence-corrected chi connectivity index (χ4v) is 2.22. The summed E-state index contributed by atoms with van der Waals surface area (Å²) >= 11 is 1.12. The number of oxime groups is 1. The molecule has 0 aliphatic carbocycles. The lowest BCUT2D eigenvalue weighted by Crippen LogP contribution is -2.27. The first-order chi connectivity index (χ1) is 11.3. The molecule has 2 heterocycles. The largest absolute Gasteiger partial charge is 0.444 e. The van der Waals surface area contributed by atoms with Crippen molar-refractivity contribution in [2.45, 2.75) is 26.4 Å². The zero-order valence-electron chi connectivity index (χ0n) is 13.5. The number of rotatable bonds is 4. The van der Waals surface area contributed by atoms with Crippen LogP contribution in [-0.4, -0.2) is 50.2 Å². The summed E-state index contributed by atoms with van der Waals surface area (Å²) in [6.45, 7) is 5.25. The van der Waals surface area contributed by atoms with Gasteiger partial charge in [0.15, 0.2) is 10.8 Å². The second-order valence-corrected chi connectivity index (χ2v) is 6.29. The number of aromatic nitrogens is 4. The van der Waals surface area contributed by atoms with E-state index < -0.39 is 17.6 Å². The van der Waals surface area contributed by atoms with E-state index in [0.29, 0.717) is 0 Å². The average molecular weight is 352 g/mol. The highest BCUT2D eigenvalue weighted by molar-refractivity contribution is 7.14. The molecule has 2 aromatic heterocycles. The van der Waals surface area contributed by atoms with Crippen LogP contribution < -0.4 is 5.32 Å². The topological polar surface area (TPSA) is 121 Å². The summed E-state index contributed by atoms with van der Waals surface area (Å²) < 4.78 is 6.14. The predicted octanol–water partition coefficient (Wildman–Crippen LogP) is 1.77. The van der Waals surface area contributed by atoms with Gasteiger partial charge in [-0.05, 0) is 20.8 Å². The third-order valence-electron chi connectivity index (χ3n) is 2.37. The van der Waals surface area contributed by atoms with Crippen LogP contribution in [0.1, 0.15) is 31.3 Å². The van der Waals surface area contributed by atoms with Crippen molar-refractivity contribution < 1.29 is 19.2 Å². The van der Waals surface area contributed by atoms with Crippen molar-refractivity contribution in [1.82, 2.24) is 19.7 Å². The van der Waals surface area contributed by atoms with E-state index in [0.717, 1.165) is 16.0 Å². The molecule has 1 amide bonds. The summed E-state index contributed by atoms with van der Waals surface area (Å²) in [4.78, 5) is 36.6. The Morgan fingerprint density at radius 1 is 1.38 bits per heavy atom. The van der Waals surface area contributed by atoms with Gasteiger partial charge in [0.25, 0.3) is 0 Å². The third-order valence-corrected chi connectivity index (χ3v) is 3.12. The molecule has 128 valence electrons. The van der Waals surface area contributed by atoms with Crippen LogP contribution in [0.2, 0.25) is 0 Å². The number of anilines is 1. The first kappa shape index (κ1) is 17.5. The number of nitrogens with one attached hydrogen (secondary N) is 1. The summed E-state index contributed by atoms with van der Waals surface area (Å²) in [5.74, 6) is -0.566. The van der Waals surface area contributed by atoms with Crippen LogP contribution in [0.15, 0.2) is 23.2 Å². The van der Waals surface area contributed by atoms with E-state index in [1.165, 1.54) is 19.8 Å². The second kappa shape index (κ2) is 7.17. The minimum atomic E-state index is -0.642. The Hall–Kier alpha value is -2.82. The van der Waals surface area contributed by atoms with Gasteiger partial charge >= 0.3 is 12.0 Å². The van der Waals surface area contributed by atoms with Crippen molar-refractivity contribution >= 4 is 34.2 Å². The van der Waals surface area contributed by atoms with Gasteiger partial charge in [-0.1, -0.05) is 5.16 Å². The quantitative estimate of drug-likeness (QED) is 0.657. The predicted molar refractivity (Wildman–Crippen MR) is 86.2 cm³/mol. The Bertz CT molecular complexity index is 747. The minimum absolute atomic E-state index is 0.0727. The number of amides is 1. The van der Waals surface area contributed by atoms with Gasteiger partial charge in [-0.3, -0.25) is 10.1 Å². The standard InChI is InChI=1S/C13H16N6O4S/c1-13(2,3)23-12(21)17-11-16-8(5-24-11)9(18-22-4)10(20)19-7-14-6-15-19/h5-7H,1-4H3,(H,16,17,21)/b18-9-. The van der Waals surface area contributed by atoms with Crippen molar-refractivity contribution in [2.75, 3.05) is 12.4 Å². The molecule has 0 bridgehead atoms. The molecule has 0 unspecified atom stereocenters. The van der Waals surface area contributed by atoms with E-state index in [1.807, 2.05) is 0 Å². The Morgan fingerprint density at radius 3 is 2.71 bits per heavy atom. The number of carbonyl (C=O) groups excluding carboxylic acids is 2. The molecule has 0 aliphatic rings. The summed E-state index contributed by atoms with van der Waals surface area (Å²) in [5.41, 5.74) is -0.472. The Kier molecular flexibility index (Phi) is 5.24. The number of carbonyl (C=O) groups is 2. The molecule has 2 rings (SSSR count). The molecule has 24 heavy (non-hydrogen) atoms. The molecule has 10 nitrogen and oxygen atoms in total. The highest BCUT2D eigenvalue weighted by Crippen LogP contribution is 2.18. The van der Waals surface area contributed by atoms with E-state index in [9.17, 15) is 9.59 Å². The summed E-state index contributed by atoms with van der Waals surface area (Å²) in [6, 6.07) is 0. The minimum Gasteiger partial charge on any atom is -0.444 e. The van der Waals surface area contributed by atoms with E-state index in [-0.39, 0.29) is 16.5 Å². The fraction of sp³-hybridized carbons (Fsp3) is 0.385. The highest BCUT2D eigenvalue weighted by atomic mass is 32.1. The van der Waals surface area contributed by atoms with E-state index in [2.05, 4.69) is 25.5 Å². The molecule has 0 atom stereocenters. The number of ether oxygens (including phenoxy) is 1. The monoisotopic (exact) mass is 352 g/mol. The maximum atomic E-state index is 12.3. The lowest BCUT2D eigenvalue weighted by atomic mass is 10.2. The van der Waals surface area contributed by atoms with Crippen LogP contribution in [0, 0.1) is 0 Å². The summed E-state index contributed by atoms with van der Waals surface area (Å²) in [6.07, 6.45) is 1.81. The molecule has 0 saturated heterocycles. The van der Waals surface area contributed by atoms with Crippen LogP contribution in [0.3, 0.4) is 0 Å². The molecule has 0 aromatic carbocycles. The van der Waals surface area contributed by atoms with Crippen molar-refractivity contribution in [3.05, 3.63) is 23.7 Å². The fourth-order valence-electron chi connectivity index (χ4n) is 1.54. The van der Waals surface area contributed by atoms with Crippen LogP contribution >= 0.6 is 11.3 Å². The maximum Gasteiger partial charge on any atom is 0.413 e. The number of thiazole rings is 1. The van der Waals surface area contributed by atoms with E-state index >= 15 is 0 Å². The summed E-state index contributed by atoms with van der Waals surface area (Å²) in [7, 11) is 1.31. The molecule has 11 heteroatoms. The van der Waals surface area contributed by atoms with Crippen molar-refractivity contribution in [3.63, 3.8) is 0 Å². The highest BCUT2D eigenvalue weighted by Gasteiger charge is 2.22. The van der Waals surface area contributed by atoms with Crippen LogP contribution in [0.25, 0.3) is 0 Å². The Balaban J connectivity index is 2.16. The number of hydrogen-bond acceptors (Lipinski definition) is 9. The average Bonchev–Trinajstić information content (AvgIpc) is 3.13. The third kappa shape index (κ3) is 4.59. The second-order valence-electron chi connectivity index (χ2n) is 5.43. The van der Waals surface area contributed by atoms with E-state index in [4.69, 9.17) is 9.57 Å². The molecule has 2 aromatic rings. The molecule has 0 aliphatic heterocycles. The number of nitrogens with zero attached hydrogens (tertiary/aromatic N) is 5. The Morgan fingerprint density at radius 2 is 2.12 bits per heavy atom. The van der Waals surface area contributed by atoms with Crippen molar-refractivity contribution in [1.29, 1.82) is 0 Å². The van der Waals surface area contributed by atoms with Crippen LogP contribution in [0.4, 0.5) is 9.93 Å². The SMILES string of the molecule is CO/N=C(\C(=O)n1cncn1)c1csc(NC(=O)OC(C)(C)C)n1. The van der Waals surface area contributed by atoms with Gasteiger partial charge in [-0.15, -0.1) is 11.3 Å². The number of hydrogen-bond donors (Lipinski definition) is 1. The van der Waals surface area contributed by atoms with Crippen molar-refractivity contribution in [3.8, 4) is 0 Å². The lowest BCUT2D eigenvalue weighted by molar-refractivity contribution is 0.0635. The van der Waals surface area contributed by atoms with Gasteiger partial charge in [0.05, 0.1) is 0 Å². The first-order valence-electron chi connectivity index (χ1n) is 6.76. The maximum absolute atomic E-state index is 12.3. The zero-order chi connectivity index (χ0) is 17.7. The first-order valence-corrected chi connectivity index (χ1v) is 7.64. The van der Waals surface area contributed by atoms with Crippen LogP contribution in [-0.2, 0) is 9.57 Å². The van der Waals surface area contributed by atoms with Gasteiger partial charge in [0.1, 0.15) is 31.1 Å². The molecule has 0 fully saturated rings. The zero-order valence-corrected chi connectivity index (χ0v) is 14.3. The lowest BCUT2D eigenvalue weighted by Gasteiger charge is -2.18. The molecule has 0 radical (unpaired) electrons. The van der Waals surface area contributed by atoms with Crippen LogP contribution in [0.5, 0.6) is 0 Å². The molecular weight excluding hydrogens is 336 g/mol. The van der Waals surface area contributed by atoms with Crippen molar-refractivity contribution in [2.24, 2.45) is 5.16 Å².